The van der Waals surface area contributed by atoms with Crippen molar-refractivity contribution in [2.75, 3.05) is 0 Å². The van der Waals surface area contributed by atoms with Gasteiger partial charge in [-0.05, 0) is 23.8 Å². The molecule has 0 heterocycles. The second kappa shape index (κ2) is 3.85. The van der Waals surface area contributed by atoms with E-state index in [0.29, 0.717) is 0 Å². The molecule has 0 amide bonds. The SMILES string of the molecule is N#C/C=C/c1cccc(S)c1. The fourth-order valence-corrected chi connectivity index (χ4v) is 0.997. The molecule has 0 bridgehead atoms. The van der Waals surface area contributed by atoms with E-state index >= 15 is 0 Å². The topological polar surface area (TPSA) is 23.8 Å². The van der Waals surface area contributed by atoms with E-state index in [1.807, 2.05) is 30.3 Å². The Balaban J connectivity index is 2.90. The van der Waals surface area contributed by atoms with Gasteiger partial charge in [0.05, 0.1) is 6.07 Å². The zero-order valence-corrected chi connectivity index (χ0v) is 6.75. The minimum Gasteiger partial charge on any atom is -0.193 e. The second-order valence-electron chi connectivity index (χ2n) is 2.06. The quantitative estimate of drug-likeness (QED) is 0.496. The van der Waals surface area contributed by atoms with Gasteiger partial charge in [-0.25, -0.2) is 0 Å². The van der Waals surface area contributed by atoms with Crippen LogP contribution in [0.15, 0.2) is 35.2 Å². The van der Waals surface area contributed by atoms with E-state index < -0.39 is 0 Å². The highest BCUT2D eigenvalue weighted by Gasteiger charge is 1.85. The molecule has 0 radical (unpaired) electrons. The predicted molar refractivity (Wildman–Crippen MR) is 48.3 cm³/mol. The maximum absolute atomic E-state index is 8.24. The van der Waals surface area contributed by atoms with Crippen molar-refractivity contribution in [1.82, 2.24) is 0 Å². The molecule has 0 N–H and O–H groups in total. The highest BCUT2D eigenvalue weighted by atomic mass is 32.1. The molecule has 0 unspecified atom stereocenters. The third kappa shape index (κ3) is 2.48. The van der Waals surface area contributed by atoms with Gasteiger partial charge in [0.1, 0.15) is 0 Å². The zero-order chi connectivity index (χ0) is 8.10. The second-order valence-corrected chi connectivity index (χ2v) is 2.57. The standard InChI is InChI=1S/C9H7NS/c10-6-2-4-8-3-1-5-9(11)7-8/h1-5,7,11H/b4-2+. The monoisotopic (exact) mass is 161 g/mol. The first-order valence-electron chi connectivity index (χ1n) is 3.18. The molecule has 0 saturated carbocycles. The number of rotatable bonds is 1. The molecule has 0 aliphatic rings. The molecule has 0 atom stereocenters. The summed E-state index contributed by atoms with van der Waals surface area (Å²) in [4.78, 5) is 0.907. The van der Waals surface area contributed by atoms with Crippen molar-refractivity contribution in [2.45, 2.75) is 4.90 Å². The van der Waals surface area contributed by atoms with Gasteiger partial charge in [0, 0.05) is 11.0 Å². The third-order valence-corrected chi connectivity index (χ3v) is 1.50. The van der Waals surface area contributed by atoms with Crippen LogP contribution in [0, 0.1) is 11.3 Å². The summed E-state index contributed by atoms with van der Waals surface area (Å²) in [5.74, 6) is 0. The van der Waals surface area contributed by atoms with E-state index in [4.69, 9.17) is 5.26 Å². The fraction of sp³-hybridized carbons (Fsp3) is 0. The van der Waals surface area contributed by atoms with Crippen LogP contribution in [0.2, 0.25) is 0 Å². The Morgan fingerprint density at radius 2 is 2.27 bits per heavy atom. The van der Waals surface area contributed by atoms with Gasteiger partial charge < -0.3 is 0 Å². The van der Waals surface area contributed by atoms with Crippen molar-refractivity contribution in [3.63, 3.8) is 0 Å². The largest absolute Gasteiger partial charge is 0.193 e. The Hall–Kier alpha value is -1.20. The van der Waals surface area contributed by atoms with E-state index in [9.17, 15) is 0 Å². The van der Waals surface area contributed by atoms with Crippen molar-refractivity contribution in [1.29, 1.82) is 5.26 Å². The molecule has 1 aromatic carbocycles. The van der Waals surface area contributed by atoms with Gasteiger partial charge in [-0.15, -0.1) is 12.6 Å². The molecule has 11 heavy (non-hydrogen) atoms. The molecule has 0 aliphatic heterocycles. The maximum atomic E-state index is 8.24. The molecule has 1 aromatic rings. The Labute approximate surface area is 71.4 Å². The minimum atomic E-state index is 0.907. The Morgan fingerprint density at radius 3 is 2.91 bits per heavy atom. The van der Waals surface area contributed by atoms with Gasteiger partial charge in [-0.2, -0.15) is 5.26 Å². The lowest BCUT2D eigenvalue weighted by atomic mass is 10.2. The van der Waals surface area contributed by atoms with Crippen LogP contribution in [0.5, 0.6) is 0 Å². The molecular formula is C9H7NS. The summed E-state index contributed by atoms with van der Waals surface area (Å²) in [6, 6.07) is 9.55. The average molecular weight is 161 g/mol. The van der Waals surface area contributed by atoms with Gasteiger partial charge >= 0.3 is 0 Å². The molecule has 0 aromatic heterocycles. The molecule has 2 heteroatoms. The summed E-state index contributed by atoms with van der Waals surface area (Å²) in [6.45, 7) is 0. The van der Waals surface area contributed by atoms with E-state index in [-0.39, 0.29) is 0 Å². The van der Waals surface area contributed by atoms with Crippen LogP contribution in [-0.2, 0) is 0 Å². The van der Waals surface area contributed by atoms with E-state index in [0.717, 1.165) is 10.5 Å². The third-order valence-electron chi connectivity index (χ3n) is 1.22. The number of allylic oxidation sites excluding steroid dienone is 1. The first-order valence-corrected chi connectivity index (χ1v) is 3.63. The molecule has 0 fully saturated rings. The molecule has 0 saturated heterocycles. The highest BCUT2D eigenvalue weighted by Crippen LogP contribution is 2.09. The molecule has 0 spiro atoms. The summed E-state index contributed by atoms with van der Waals surface area (Å²) in [7, 11) is 0. The zero-order valence-electron chi connectivity index (χ0n) is 5.86. The van der Waals surface area contributed by atoms with Gasteiger partial charge in [0.25, 0.3) is 0 Å². The van der Waals surface area contributed by atoms with E-state index in [2.05, 4.69) is 12.6 Å². The van der Waals surface area contributed by atoms with E-state index in [1.165, 1.54) is 6.08 Å². The normalized spacial score (nSPS) is 9.82. The summed E-state index contributed by atoms with van der Waals surface area (Å²) in [6.07, 6.45) is 3.20. The Kier molecular flexibility index (Phi) is 2.76. The van der Waals surface area contributed by atoms with Crippen LogP contribution in [0.4, 0.5) is 0 Å². The number of benzene rings is 1. The van der Waals surface area contributed by atoms with Crippen molar-refractivity contribution < 1.29 is 0 Å². The number of hydrogen-bond acceptors (Lipinski definition) is 2. The number of nitrogens with zero attached hydrogens (tertiary/aromatic N) is 1. The summed E-state index contributed by atoms with van der Waals surface area (Å²) in [5.41, 5.74) is 0.999. The minimum absolute atomic E-state index is 0.907. The first-order chi connectivity index (χ1) is 5.33. The van der Waals surface area contributed by atoms with Gasteiger partial charge in [0.15, 0.2) is 0 Å². The molecule has 1 nitrogen and oxygen atoms in total. The lowest BCUT2D eigenvalue weighted by molar-refractivity contribution is 1.46. The van der Waals surface area contributed by atoms with Crippen molar-refractivity contribution in [2.24, 2.45) is 0 Å². The van der Waals surface area contributed by atoms with Crippen LogP contribution >= 0.6 is 12.6 Å². The molecule has 0 aliphatic carbocycles. The number of nitriles is 1. The Bertz CT molecular complexity index is 310. The van der Waals surface area contributed by atoms with Gasteiger partial charge in [0.2, 0.25) is 0 Å². The molecular weight excluding hydrogens is 154 g/mol. The fourth-order valence-electron chi connectivity index (χ4n) is 0.762. The lowest BCUT2D eigenvalue weighted by Crippen LogP contribution is -1.70. The van der Waals surface area contributed by atoms with E-state index in [1.54, 1.807) is 6.08 Å². The van der Waals surface area contributed by atoms with Crippen LogP contribution in [0.3, 0.4) is 0 Å². The van der Waals surface area contributed by atoms with Crippen molar-refractivity contribution in [3.05, 3.63) is 35.9 Å². The van der Waals surface area contributed by atoms with Crippen LogP contribution in [0.25, 0.3) is 6.08 Å². The summed E-state index contributed by atoms with van der Waals surface area (Å²) < 4.78 is 0. The van der Waals surface area contributed by atoms with Crippen LogP contribution in [-0.4, -0.2) is 0 Å². The Morgan fingerprint density at radius 1 is 1.45 bits per heavy atom. The smallest absolute Gasteiger partial charge is 0.0912 e. The number of thiol groups is 1. The summed E-state index contributed by atoms with van der Waals surface area (Å²) in [5, 5.41) is 8.24. The van der Waals surface area contributed by atoms with Crippen LogP contribution in [0.1, 0.15) is 5.56 Å². The summed E-state index contributed by atoms with van der Waals surface area (Å²) >= 11 is 4.16. The van der Waals surface area contributed by atoms with Gasteiger partial charge in [-0.3, -0.25) is 0 Å². The highest BCUT2D eigenvalue weighted by molar-refractivity contribution is 7.80. The lowest BCUT2D eigenvalue weighted by Gasteiger charge is -1.92. The maximum Gasteiger partial charge on any atom is 0.0912 e. The van der Waals surface area contributed by atoms with Crippen molar-refractivity contribution in [3.8, 4) is 6.07 Å². The average Bonchev–Trinajstić information content (AvgIpc) is 2.01. The molecule has 1 rings (SSSR count). The van der Waals surface area contributed by atoms with Gasteiger partial charge in [-0.1, -0.05) is 12.1 Å². The van der Waals surface area contributed by atoms with Crippen LogP contribution < -0.4 is 0 Å². The predicted octanol–water partition coefficient (Wildman–Crippen LogP) is 2.51. The van der Waals surface area contributed by atoms with Crippen molar-refractivity contribution >= 4 is 18.7 Å². The number of hydrogen-bond donors (Lipinski definition) is 1. The molecule has 54 valence electrons. The first kappa shape index (κ1) is 7.90.